The minimum atomic E-state index is -0.669. The van der Waals surface area contributed by atoms with E-state index in [9.17, 15) is 13.9 Å². The van der Waals surface area contributed by atoms with Gasteiger partial charge in [0.2, 0.25) is 0 Å². The first-order valence-corrected chi connectivity index (χ1v) is 8.79. The van der Waals surface area contributed by atoms with Crippen LogP contribution in [0.25, 0.3) is 10.9 Å². The number of aromatic nitrogens is 1. The number of halogens is 3. The fraction of sp³-hybridized carbons (Fsp3) is 0.211. The summed E-state index contributed by atoms with van der Waals surface area (Å²) in [5.41, 5.74) is 1.49. The maximum Gasteiger partial charge on any atom is 0.162 e. The van der Waals surface area contributed by atoms with Crippen LogP contribution in [0.1, 0.15) is 11.1 Å². The highest BCUT2D eigenvalue weighted by Gasteiger charge is 2.15. The van der Waals surface area contributed by atoms with Crippen LogP contribution in [0.4, 0.5) is 14.5 Å². The number of rotatable bonds is 6. The predicted octanol–water partition coefficient (Wildman–Crippen LogP) is 4.40. The number of nitrogens with zero attached hydrogens (tertiary/aromatic N) is 1. The number of fused-ring (bicyclic) bond motifs is 1. The van der Waals surface area contributed by atoms with Gasteiger partial charge in [-0.25, -0.2) is 8.78 Å². The van der Waals surface area contributed by atoms with Crippen molar-refractivity contribution < 1.29 is 23.4 Å². The summed E-state index contributed by atoms with van der Waals surface area (Å²) in [6, 6.07) is 5.80. The van der Waals surface area contributed by atoms with Gasteiger partial charge in [0.05, 0.1) is 32.0 Å². The number of nitrogens with one attached hydrogen (secondary N) is 1. The zero-order valence-corrected chi connectivity index (χ0v) is 16.2. The number of hydrogen-bond acceptors (Lipinski definition) is 5. The van der Waals surface area contributed by atoms with Gasteiger partial charge < -0.3 is 19.9 Å². The average molecular weight is 439 g/mol. The molecule has 0 spiro atoms. The molecule has 0 fully saturated rings. The molecule has 0 unspecified atom stereocenters. The molecular weight excluding hydrogens is 422 g/mol. The second kappa shape index (κ2) is 8.06. The average Bonchev–Trinajstić information content (AvgIpc) is 2.65. The van der Waals surface area contributed by atoms with Crippen LogP contribution in [0.3, 0.4) is 0 Å². The largest absolute Gasteiger partial charge is 0.493 e. The smallest absolute Gasteiger partial charge is 0.162 e. The molecule has 0 amide bonds. The second-order valence-corrected chi connectivity index (χ2v) is 6.66. The lowest BCUT2D eigenvalue weighted by molar-refractivity contribution is 0.282. The molecule has 27 heavy (non-hydrogen) atoms. The van der Waals surface area contributed by atoms with Gasteiger partial charge in [-0.05, 0) is 18.2 Å². The van der Waals surface area contributed by atoms with E-state index in [0.29, 0.717) is 38.1 Å². The number of pyridine rings is 1. The first-order chi connectivity index (χ1) is 13.0. The topological polar surface area (TPSA) is 63.6 Å². The molecule has 0 aliphatic heterocycles. The number of benzene rings is 2. The highest BCUT2D eigenvalue weighted by atomic mass is 79.9. The SMILES string of the molecule is COc1cc2ncc(CO)c(NCc3c(F)cc(Br)cc3F)c2cc1OC. The van der Waals surface area contributed by atoms with Gasteiger partial charge in [-0.3, -0.25) is 4.98 Å². The molecule has 0 bridgehead atoms. The van der Waals surface area contributed by atoms with Gasteiger partial charge in [-0.1, -0.05) is 15.9 Å². The second-order valence-electron chi connectivity index (χ2n) is 5.74. The normalized spacial score (nSPS) is 10.9. The quantitative estimate of drug-likeness (QED) is 0.597. The van der Waals surface area contributed by atoms with Crippen LogP contribution in [0.5, 0.6) is 11.5 Å². The Hall–Kier alpha value is -2.45. The van der Waals surface area contributed by atoms with E-state index in [0.717, 1.165) is 0 Å². The van der Waals surface area contributed by atoms with Crippen molar-refractivity contribution in [1.82, 2.24) is 4.98 Å². The summed E-state index contributed by atoms with van der Waals surface area (Å²) in [4.78, 5) is 4.31. The predicted molar refractivity (Wildman–Crippen MR) is 102 cm³/mol. The molecule has 0 atom stereocenters. The van der Waals surface area contributed by atoms with Crippen molar-refractivity contribution in [2.24, 2.45) is 0 Å². The monoisotopic (exact) mass is 438 g/mol. The van der Waals surface area contributed by atoms with Crippen LogP contribution in [0.2, 0.25) is 0 Å². The zero-order valence-electron chi connectivity index (χ0n) is 14.6. The van der Waals surface area contributed by atoms with Crippen molar-refractivity contribution in [3.8, 4) is 11.5 Å². The molecule has 3 aromatic rings. The molecule has 3 rings (SSSR count). The Morgan fingerprint density at radius 2 is 1.70 bits per heavy atom. The molecule has 142 valence electrons. The van der Waals surface area contributed by atoms with Gasteiger partial charge >= 0.3 is 0 Å². The van der Waals surface area contributed by atoms with E-state index in [2.05, 4.69) is 26.2 Å². The molecule has 8 heteroatoms. The molecule has 2 N–H and O–H groups in total. The fourth-order valence-corrected chi connectivity index (χ4v) is 3.21. The van der Waals surface area contributed by atoms with E-state index in [-0.39, 0.29) is 18.7 Å². The molecule has 1 aromatic heterocycles. The first kappa shape index (κ1) is 19.3. The van der Waals surface area contributed by atoms with Gasteiger partial charge in [-0.2, -0.15) is 0 Å². The van der Waals surface area contributed by atoms with Gasteiger partial charge in [0.1, 0.15) is 11.6 Å². The number of aliphatic hydroxyl groups is 1. The standard InChI is InChI=1S/C19H17BrF2N2O3/c1-26-17-5-12-16(6-18(17)27-2)23-7-10(9-25)19(12)24-8-13-14(21)3-11(20)4-15(13)22/h3-7,25H,8-9H2,1-2H3,(H,23,24). The van der Waals surface area contributed by atoms with Crippen LogP contribution < -0.4 is 14.8 Å². The van der Waals surface area contributed by atoms with Crippen molar-refractivity contribution in [1.29, 1.82) is 0 Å². The number of methoxy groups -OCH3 is 2. The molecule has 1 heterocycles. The lowest BCUT2D eigenvalue weighted by Gasteiger charge is -2.16. The third-order valence-electron chi connectivity index (χ3n) is 4.17. The number of aliphatic hydroxyl groups excluding tert-OH is 1. The number of anilines is 1. The molecule has 5 nitrogen and oxygen atoms in total. The van der Waals surface area contributed by atoms with Gasteiger partial charge in [0.25, 0.3) is 0 Å². The molecular formula is C19H17BrF2N2O3. The maximum atomic E-state index is 14.1. The van der Waals surface area contributed by atoms with Crippen LogP contribution in [0, 0.1) is 11.6 Å². The molecule has 2 aromatic carbocycles. The Balaban J connectivity index is 2.07. The molecule has 0 aliphatic carbocycles. The van der Waals surface area contributed by atoms with Crippen molar-refractivity contribution in [3.63, 3.8) is 0 Å². The van der Waals surface area contributed by atoms with Crippen molar-refractivity contribution in [2.75, 3.05) is 19.5 Å². The minimum Gasteiger partial charge on any atom is -0.493 e. The molecule has 0 saturated carbocycles. The zero-order chi connectivity index (χ0) is 19.6. The summed E-state index contributed by atoms with van der Waals surface area (Å²) in [5, 5.41) is 13.3. The van der Waals surface area contributed by atoms with E-state index in [4.69, 9.17) is 9.47 Å². The highest BCUT2D eigenvalue weighted by molar-refractivity contribution is 9.10. The Morgan fingerprint density at radius 1 is 1.07 bits per heavy atom. The van der Waals surface area contributed by atoms with Gasteiger partial charge in [0, 0.05) is 39.8 Å². The summed E-state index contributed by atoms with van der Waals surface area (Å²) < 4.78 is 39.2. The van der Waals surface area contributed by atoms with Crippen LogP contribution in [-0.4, -0.2) is 24.3 Å². The van der Waals surface area contributed by atoms with E-state index in [1.165, 1.54) is 32.5 Å². The summed E-state index contributed by atoms with van der Waals surface area (Å²) in [6.45, 7) is -0.393. The van der Waals surface area contributed by atoms with Crippen molar-refractivity contribution in [3.05, 3.63) is 57.7 Å². The van der Waals surface area contributed by atoms with E-state index in [1.54, 1.807) is 12.1 Å². The maximum absolute atomic E-state index is 14.1. The van der Waals surface area contributed by atoms with Gasteiger partial charge in [0.15, 0.2) is 11.5 Å². The summed E-state index contributed by atoms with van der Waals surface area (Å²) >= 11 is 3.06. The lowest BCUT2D eigenvalue weighted by Crippen LogP contribution is -2.08. The minimum absolute atomic E-state index is 0.104. The first-order valence-electron chi connectivity index (χ1n) is 8.00. The summed E-state index contributed by atoms with van der Waals surface area (Å²) in [5.74, 6) is -0.355. The van der Waals surface area contributed by atoms with Gasteiger partial charge in [-0.15, -0.1) is 0 Å². The van der Waals surface area contributed by atoms with Crippen LogP contribution in [0.15, 0.2) is 34.9 Å². The summed E-state index contributed by atoms with van der Waals surface area (Å²) in [7, 11) is 3.02. The van der Waals surface area contributed by atoms with Crippen molar-refractivity contribution in [2.45, 2.75) is 13.2 Å². The van der Waals surface area contributed by atoms with Crippen LogP contribution >= 0.6 is 15.9 Å². The van der Waals surface area contributed by atoms with E-state index >= 15 is 0 Å². The molecule has 0 radical (unpaired) electrons. The number of hydrogen-bond donors (Lipinski definition) is 2. The van der Waals surface area contributed by atoms with E-state index < -0.39 is 11.6 Å². The third kappa shape index (κ3) is 3.81. The lowest BCUT2D eigenvalue weighted by atomic mass is 10.1. The Kier molecular flexibility index (Phi) is 5.76. The Bertz CT molecular complexity index is 975. The molecule has 0 saturated heterocycles. The molecule has 0 aliphatic rings. The fourth-order valence-electron chi connectivity index (χ4n) is 2.81. The Morgan fingerprint density at radius 3 is 2.30 bits per heavy atom. The van der Waals surface area contributed by atoms with E-state index in [1.807, 2.05) is 0 Å². The van der Waals surface area contributed by atoms with Crippen molar-refractivity contribution >= 4 is 32.5 Å². The highest BCUT2D eigenvalue weighted by Crippen LogP contribution is 2.36. The summed E-state index contributed by atoms with van der Waals surface area (Å²) in [6.07, 6.45) is 1.50. The third-order valence-corrected chi connectivity index (χ3v) is 4.63. The number of ether oxygens (including phenoxy) is 2. The van der Waals surface area contributed by atoms with Crippen LogP contribution in [-0.2, 0) is 13.2 Å². The Labute approximate surface area is 163 Å².